The molecule has 0 saturated heterocycles. The highest BCUT2D eigenvalue weighted by molar-refractivity contribution is 5.92. The highest BCUT2D eigenvalue weighted by Gasteiger charge is 2.34. The summed E-state index contributed by atoms with van der Waals surface area (Å²) in [6.07, 6.45) is 4.94. The Morgan fingerprint density at radius 3 is 2.63 bits per heavy atom. The number of hydrogen-bond donors (Lipinski definition) is 1. The van der Waals surface area contributed by atoms with Gasteiger partial charge in [0.1, 0.15) is 0 Å². The Morgan fingerprint density at radius 2 is 2.16 bits per heavy atom. The van der Waals surface area contributed by atoms with E-state index in [1.807, 2.05) is 6.92 Å². The smallest absolute Gasteiger partial charge is 0.333 e. The van der Waals surface area contributed by atoms with Gasteiger partial charge in [0, 0.05) is 11.2 Å². The first-order chi connectivity index (χ1) is 8.97. The fourth-order valence-corrected chi connectivity index (χ4v) is 2.72. The molecule has 0 radical (unpaired) electrons. The van der Waals surface area contributed by atoms with Gasteiger partial charge in [0.15, 0.2) is 5.69 Å². The van der Waals surface area contributed by atoms with Crippen LogP contribution < -0.4 is 5.32 Å². The molecule has 0 aromatic carbocycles. The second kappa shape index (κ2) is 5.27. The van der Waals surface area contributed by atoms with Crippen LogP contribution in [0.25, 0.3) is 0 Å². The van der Waals surface area contributed by atoms with Crippen LogP contribution in [0.4, 0.5) is 8.78 Å². The number of hydrogen-bond acceptors (Lipinski definition) is 2. The lowest BCUT2D eigenvalue weighted by Crippen LogP contribution is -2.45. The summed E-state index contributed by atoms with van der Waals surface area (Å²) in [6, 6.07) is 1.40. The van der Waals surface area contributed by atoms with E-state index in [0.717, 1.165) is 32.1 Å². The Balaban J connectivity index is 2.13. The van der Waals surface area contributed by atoms with Crippen LogP contribution >= 0.6 is 0 Å². The van der Waals surface area contributed by atoms with Crippen LogP contribution in [0.5, 0.6) is 0 Å². The van der Waals surface area contributed by atoms with Gasteiger partial charge in [-0.25, -0.2) is 4.68 Å². The van der Waals surface area contributed by atoms with Crippen molar-refractivity contribution in [1.29, 1.82) is 0 Å². The molecule has 1 amide bonds. The number of nitrogens with one attached hydrogen (secondary N) is 1. The molecular weight excluding hydrogens is 252 g/mol. The first kappa shape index (κ1) is 14.0. The van der Waals surface area contributed by atoms with E-state index in [-0.39, 0.29) is 22.8 Å². The summed E-state index contributed by atoms with van der Waals surface area (Å²) in [5.41, 5.74) is 0.175. The zero-order chi connectivity index (χ0) is 14.0. The molecule has 1 fully saturated rings. The molecule has 1 aromatic heterocycles. The Labute approximate surface area is 111 Å². The molecule has 1 heterocycles. The summed E-state index contributed by atoms with van der Waals surface area (Å²) in [6.45, 7) is 0.837. The second-order valence-corrected chi connectivity index (χ2v) is 5.19. The lowest BCUT2D eigenvalue weighted by Gasteiger charge is -2.28. The van der Waals surface area contributed by atoms with Gasteiger partial charge < -0.3 is 5.32 Å². The van der Waals surface area contributed by atoms with Crippen molar-refractivity contribution in [3.63, 3.8) is 0 Å². The molecular formula is C13H19F2N3O. The zero-order valence-corrected chi connectivity index (χ0v) is 11.2. The molecule has 1 aliphatic carbocycles. The zero-order valence-electron chi connectivity index (χ0n) is 11.2. The molecule has 0 spiro atoms. The van der Waals surface area contributed by atoms with E-state index >= 15 is 0 Å². The molecule has 0 aliphatic heterocycles. The number of aryl methyl sites for hydroxylation is 1. The Morgan fingerprint density at radius 1 is 1.53 bits per heavy atom. The molecule has 0 bridgehead atoms. The summed E-state index contributed by atoms with van der Waals surface area (Å²) < 4.78 is 25.8. The van der Waals surface area contributed by atoms with Crippen LogP contribution in [0.15, 0.2) is 6.07 Å². The largest absolute Gasteiger partial charge is 0.345 e. The molecule has 4 nitrogen and oxygen atoms in total. The van der Waals surface area contributed by atoms with Crippen LogP contribution in [-0.2, 0) is 0 Å². The molecule has 6 heteroatoms. The van der Waals surface area contributed by atoms with Gasteiger partial charge >= 0.3 is 6.55 Å². The lowest BCUT2D eigenvalue weighted by molar-refractivity contribution is 0.0537. The van der Waals surface area contributed by atoms with Gasteiger partial charge in [0.25, 0.3) is 5.91 Å². The summed E-state index contributed by atoms with van der Waals surface area (Å²) in [4.78, 5) is 12.1. The fourth-order valence-electron chi connectivity index (χ4n) is 2.72. The van der Waals surface area contributed by atoms with E-state index in [1.165, 1.54) is 13.0 Å². The van der Waals surface area contributed by atoms with E-state index in [0.29, 0.717) is 4.68 Å². The molecule has 106 valence electrons. The van der Waals surface area contributed by atoms with Crippen LogP contribution in [0.2, 0.25) is 0 Å². The number of rotatable bonds is 4. The van der Waals surface area contributed by atoms with Gasteiger partial charge in [-0.05, 0) is 32.3 Å². The maximum absolute atomic E-state index is 12.6. The summed E-state index contributed by atoms with van der Waals surface area (Å²) in [5, 5.41) is 6.65. The molecule has 19 heavy (non-hydrogen) atoms. The predicted octanol–water partition coefficient (Wildman–Crippen LogP) is 3.04. The monoisotopic (exact) mass is 271 g/mol. The molecule has 1 aromatic rings. The normalized spacial score (nSPS) is 17.9. The number of alkyl halides is 2. The fraction of sp³-hybridized carbons (Fsp3) is 0.692. The maximum Gasteiger partial charge on any atom is 0.333 e. The molecule has 1 aliphatic rings. The van der Waals surface area contributed by atoms with Crippen LogP contribution in [0.1, 0.15) is 61.8 Å². The second-order valence-electron chi connectivity index (χ2n) is 5.19. The van der Waals surface area contributed by atoms with Crippen molar-refractivity contribution in [1.82, 2.24) is 15.1 Å². The topological polar surface area (TPSA) is 46.9 Å². The van der Waals surface area contributed by atoms with Crippen molar-refractivity contribution in [3.05, 3.63) is 17.5 Å². The average molecular weight is 271 g/mol. The van der Waals surface area contributed by atoms with Crippen molar-refractivity contribution in [2.24, 2.45) is 0 Å². The number of carbonyl (C=O) groups is 1. The van der Waals surface area contributed by atoms with Gasteiger partial charge in [-0.3, -0.25) is 4.79 Å². The van der Waals surface area contributed by atoms with Crippen molar-refractivity contribution < 1.29 is 13.6 Å². The van der Waals surface area contributed by atoms with E-state index < -0.39 is 6.55 Å². The van der Waals surface area contributed by atoms with E-state index in [2.05, 4.69) is 10.4 Å². The van der Waals surface area contributed by atoms with Gasteiger partial charge in [0.05, 0.1) is 0 Å². The van der Waals surface area contributed by atoms with Crippen LogP contribution in [-0.4, -0.2) is 21.2 Å². The third-order valence-electron chi connectivity index (χ3n) is 3.96. The van der Waals surface area contributed by atoms with Crippen LogP contribution in [0, 0.1) is 6.92 Å². The molecule has 1 N–H and O–H groups in total. The Hall–Kier alpha value is -1.46. The van der Waals surface area contributed by atoms with Crippen molar-refractivity contribution in [2.45, 2.75) is 58.0 Å². The average Bonchev–Trinajstić information content (AvgIpc) is 2.96. The maximum atomic E-state index is 12.6. The molecule has 0 unspecified atom stereocenters. The number of aromatic nitrogens is 2. The van der Waals surface area contributed by atoms with E-state index in [9.17, 15) is 13.6 Å². The minimum absolute atomic E-state index is 0.0672. The summed E-state index contributed by atoms with van der Waals surface area (Å²) in [7, 11) is 0. The molecule has 1 saturated carbocycles. The van der Waals surface area contributed by atoms with Gasteiger partial charge in [-0.15, -0.1) is 0 Å². The highest BCUT2D eigenvalue weighted by atomic mass is 19.3. The standard InChI is InChI=1S/C13H19F2N3O/c1-3-13(6-4-5-7-13)16-11(19)10-8-9(2)18(17-10)12(14)15/h8,12H,3-7H2,1-2H3,(H,16,19). The van der Waals surface area contributed by atoms with E-state index in [1.54, 1.807) is 0 Å². The number of amides is 1. The van der Waals surface area contributed by atoms with Crippen LogP contribution in [0.3, 0.4) is 0 Å². The summed E-state index contributed by atoms with van der Waals surface area (Å²) >= 11 is 0. The predicted molar refractivity (Wildman–Crippen MR) is 67.2 cm³/mol. The SMILES string of the molecule is CCC1(NC(=O)c2cc(C)n(C(F)F)n2)CCCC1. The minimum atomic E-state index is -2.71. The number of halogens is 2. The van der Waals surface area contributed by atoms with Gasteiger partial charge in [-0.1, -0.05) is 19.8 Å². The highest BCUT2D eigenvalue weighted by Crippen LogP contribution is 2.32. The Kier molecular flexibility index (Phi) is 3.87. The molecule has 2 rings (SSSR count). The van der Waals surface area contributed by atoms with E-state index in [4.69, 9.17) is 0 Å². The quantitative estimate of drug-likeness (QED) is 0.915. The van der Waals surface area contributed by atoms with Crippen molar-refractivity contribution in [2.75, 3.05) is 0 Å². The summed E-state index contributed by atoms with van der Waals surface area (Å²) in [5.74, 6) is -0.355. The number of carbonyl (C=O) groups excluding carboxylic acids is 1. The first-order valence-electron chi connectivity index (χ1n) is 6.64. The first-order valence-corrected chi connectivity index (χ1v) is 6.64. The van der Waals surface area contributed by atoms with Crippen molar-refractivity contribution in [3.8, 4) is 0 Å². The van der Waals surface area contributed by atoms with Crippen molar-refractivity contribution >= 4 is 5.91 Å². The minimum Gasteiger partial charge on any atom is -0.345 e. The van der Waals surface area contributed by atoms with Gasteiger partial charge in [-0.2, -0.15) is 13.9 Å². The third-order valence-corrected chi connectivity index (χ3v) is 3.96. The number of nitrogens with zero attached hydrogens (tertiary/aromatic N) is 2. The van der Waals surface area contributed by atoms with Gasteiger partial charge in [0.2, 0.25) is 0 Å². The molecule has 0 atom stereocenters. The lowest BCUT2D eigenvalue weighted by atomic mass is 9.94. The Bertz CT molecular complexity index is 464. The third kappa shape index (κ3) is 2.77.